The van der Waals surface area contributed by atoms with Crippen molar-refractivity contribution in [2.24, 2.45) is 0 Å². The molecule has 3 heteroatoms. The monoisotopic (exact) mass is 144 g/mol. The Morgan fingerprint density at radius 3 is 2.30 bits per heavy atom. The average Bonchev–Trinajstić information content (AvgIpc) is 1.91. The van der Waals surface area contributed by atoms with Crippen molar-refractivity contribution in [3.8, 4) is 12.3 Å². The molecule has 0 amide bonds. The van der Waals surface area contributed by atoms with E-state index in [1.165, 1.54) is 14.2 Å². The molecule has 0 aliphatic carbocycles. The molecule has 0 heterocycles. The summed E-state index contributed by atoms with van der Waals surface area (Å²) < 4.78 is 9.49. The molecule has 0 aromatic rings. The van der Waals surface area contributed by atoms with Crippen LogP contribution in [0.2, 0.25) is 0 Å². The van der Waals surface area contributed by atoms with Gasteiger partial charge in [0.2, 0.25) is 0 Å². The molecule has 58 valence electrons. The first-order valence-electron chi connectivity index (χ1n) is 2.93. The van der Waals surface area contributed by atoms with Crippen LogP contribution in [0.15, 0.2) is 0 Å². The van der Waals surface area contributed by atoms with Crippen molar-refractivity contribution in [2.75, 3.05) is 14.2 Å². The summed E-state index contributed by atoms with van der Waals surface area (Å²) in [7, 11) is 2.90. The minimum Gasteiger partial charge on any atom is -0.387 e. The van der Waals surface area contributed by atoms with Crippen LogP contribution >= 0.6 is 0 Å². The van der Waals surface area contributed by atoms with Crippen molar-refractivity contribution in [3.05, 3.63) is 0 Å². The van der Waals surface area contributed by atoms with E-state index in [1.54, 1.807) is 0 Å². The van der Waals surface area contributed by atoms with Gasteiger partial charge in [-0.2, -0.15) is 0 Å². The molecule has 3 nitrogen and oxygen atoms in total. The van der Waals surface area contributed by atoms with Gasteiger partial charge in [-0.15, -0.1) is 12.3 Å². The van der Waals surface area contributed by atoms with Gasteiger partial charge in [0.25, 0.3) is 0 Å². The Hall–Kier alpha value is -0.560. The Balaban J connectivity index is 3.66. The Bertz CT molecular complexity index is 113. The lowest BCUT2D eigenvalue weighted by Gasteiger charge is -2.17. The zero-order valence-corrected chi connectivity index (χ0v) is 6.20. The fourth-order valence-electron chi connectivity index (χ4n) is 0.627. The van der Waals surface area contributed by atoms with E-state index in [0.29, 0.717) is 0 Å². The molecule has 0 fully saturated rings. The van der Waals surface area contributed by atoms with E-state index in [-0.39, 0.29) is 6.42 Å². The second kappa shape index (κ2) is 5.24. The summed E-state index contributed by atoms with van der Waals surface area (Å²) in [6, 6.07) is 0. The molecule has 0 bridgehead atoms. The molecular formula is C7H12O3. The summed E-state index contributed by atoms with van der Waals surface area (Å²) >= 11 is 0. The zero-order chi connectivity index (χ0) is 7.98. The first kappa shape index (κ1) is 9.44. The van der Waals surface area contributed by atoms with Crippen LogP contribution in [0, 0.1) is 12.3 Å². The number of hydrogen-bond acceptors (Lipinski definition) is 3. The highest BCUT2D eigenvalue weighted by atomic mass is 16.7. The Labute approximate surface area is 60.9 Å². The highest BCUT2D eigenvalue weighted by molar-refractivity contribution is 4.87. The predicted octanol–water partition coefficient (Wildman–Crippen LogP) is -0.0105. The molecule has 1 unspecified atom stereocenters. The summed E-state index contributed by atoms with van der Waals surface area (Å²) in [5.74, 6) is 2.31. The van der Waals surface area contributed by atoms with Crippen LogP contribution in [-0.4, -0.2) is 31.7 Å². The molecule has 0 saturated carbocycles. The van der Waals surface area contributed by atoms with Crippen molar-refractivity contribution in [3.63, 3.8) is 0 Å². The van der Waals surface area contributed by atoms with E-state index in [0.717, 1.165) is 0 Å². The zero-order valence-electron chi connectivity index (χ0n) is 6.20. The van der Waals surface area contributed by atoms with Gasteiger partial charge in [0.15, 0.2) is 6.29 Å². The van der Waals surface area contributed by atoms with Gasteiger partial charge >= 0.3 is 0 Å². The van der Waals surface area contributed by atoms with Crippen molar-refractivity contribution < 1.29 is 14.6 Å². The minimum atomic E-state index is -0.736. The second-order valence-electron chi connectivity index (χ2n) is 1.82. The molecule has 1 N–H and O–H groups in total. The maximum absolute atomic E-state index is 9.12. The van der Waals surface area contributed by atoms with Gasteiger partial charge in [-0.3, -0.25) is 0 Å². The van der Waals surface area contributed by atoms with Crippen LogP contribution in [0.4, 0.5) is 0 Å². The third-order valence-electron chi connectivity index (χ3n) is 1.11. The SMILES string of the molecule is C#CCC(O)C(OC)OC. The standard InChI is InChI=1S/C7H12O3/c1-4-5-6(8)7(9-2)10-3/h1,6-8H,5H2,2-3H3. The van der Waals surface area contributed by atoms with Crippen molar-refractivity contribution >= 4 is 0 Å². The second-order valence-corrected chi connectivity index (χ2v) is 1.82. The quantitative estimate of drug-likeness (QED) is 0.445. The number of aliphatic hydroxyl groups is 1. The lowest BCUT2D eigenvalue weighted by Crippen LogP contribution is -2.29. The van der Waals surface area contributed by atoms with Gasteiger partial charge in [0, 0.05) is 20.6 Å². The molecule has 0 spiro atoms. The molecule has 0 radical (unpaired) electrons. The smallest absolute Gasteiger partial charge is 0.183 e. The summed E-state index contributed by atoms with van der Waals surface area (Å²) in [6.07, 6.45) is 3.85. The minimum absolute atomic E-state index is 0.242. The summed E-state index contributed by atoms with van der Waals surface area (Å²) in [4.78, 5) is 0. The van der Waals surface area contributed by atoms with E-state index >= 15 is 0 Å². The fourth-order valence-corrected chi connectivity index (χ4v) is 0.627. The number of hydrogen-bond donors (Lipinski definition) is 1. The molecule has 0 saturated heterocycles. The lowest BCUT2D eigenvalue weighted by atomic mass is 10.2. The maximum Gasteiger partial charge on any atom is 0.183 e. The highest BCUT2D eigenvalue weighted by Crippen LogP contribution is 2.01. The van der Waals surface area contributed by atoms with Crippen LogP contribution in [0.1, 0.15) is 6.42 Å². The van der Waals surface area contributed by atoms with Crippen molar-refractivity contribution in [1.82, 2.24) is 0 Å². The molecule has 0 aliphatic heterocycles. The third kappa shape index (κ3) is 2.83. The van der Waals surface area contributed by atoms with Gasteiger partial charge < -0.3 is 14.6 Å². The molecule has 0 aliphatic rings. The van der Waals surface area contributed by atoms with Crippen molar-refractivity contribution in [1.29, 1.82) is 0 Å². The number of terminal acetylenes is 1. The van der Waals surface area contributed by atoms with Crippen LogP contribution < -0.4 is 0 Å². The van der Waals surface area contributed by atoms with Gasteiger partial charge in [-0.1, -0.05) is 0 Å². The number of methoxy groups -OCH3 is 2. The van der Waals surface area contributed by atoms with Gasteiger partial charge in [-0.25, -0.2) is 0 Å². The average molecular weight is 144 g/mol. The molecule has 10 heavy (non-hydrogen) atoms. The van der Waals surface area contributed by atoms with Crippen LogP contribution in [-0.2, 0) is 9.47 Å². The topological polar surface area (TPSA) is 38.7 Å². The first-order valence-corrected chi connectivity index (χ1v) is 2.93. The van der Waals surface area contributed by atoms with Crippen LogP contribution in [0.3, 0.4) is 0 Å². The van der Waals surface area contributed by atoms with E-state index in [2.05, 4.69) is 5.92 Å². The first-order chi connectivity index (χ1) is 4.76. The van der Waals surface area contributed by atoms with Crippen LogP contribution in [0.5, 0.6) is 0 Å². The lowest BCUT2D eigenvalue weighted by molar-refractivity contribution is -0.162. The largest absolute Gasteiger partial charge is 0.387 e. The maximum atomic E-state index is 9.12. The predicted molar refractivity (Wildman–Crippen MR) is 37.3 cm³/mol. The van der Waals surface area contributed by atoms with Crippen molar-refractivity contribution in [2.45, 2.75) is 18.8 Å². The normalized spacial score (nSPS) is 13.1. The Morgan fingerprint density at radius 1 is 1.50 bits per heavy atom. The molecule has 0 rings (SSSR count). The van der Waals surface area contributed by atoms with E-state index in [9.17, 15) is 0 Å². The summed E-state index contributed by atoms with van der Waals surface area (Å²) in [5, 5.41) is 9.12. The molecule has 1 atom stereocenters. The van der Waals surface area contributed by atoms with Gasteiger partial charge in [0.1, 0.15) is 6.10 Å². The number of aliphatic hydroxyl groups excluding tert-OH is 1. The highest BCUT2D eigenvalue weighted by Gasteiger charge is 2.15. The van der Waals surface area contributed by atoms with E-state index in [1.807, 2.05) is 0 Å². The van der Waals surface area contributed by atoms with Gasteiger partial charge in [-0.05, 0) is 0 Å². The Kier molecular flexibility index (Phi) is 4.95. The van der Waals surface area contributed by atoms with E-state index < -0.39 is 12.4 Å². The Morgan fingerprint density at radius 2 is 2.00 bits per heavy atom. The van der Waals surface area contributed by atoms with Gasteiger partial charge in [0.05, 0.1) is 0 Å². The number of ether oxygens (including phenoxy) is 2. The van der Waals surface area contributed by atoms with E-state index in [4.69, 9.17) is 21.0 Å². The molecule has 0 aromatic carbocycles. The molecule has 0 aromatic heterocycles. The summed E-state index contributed by atoms with van der Waals surface area (Å²) in [5.41, 5.74) is 0. The summed E-state index contributed by atoms with van der Waals surface area (Å²) in [6.45, 7) is 0. The fraction of sp³-hybridized carbons (Fsp3) is 0.714. The number of rotatable bonds is 4. The third-order valence-corrected chi connectivity index (χ3v) is 1.11. The van der Waals surface area contributed by atoms with Crippen LogP contribution in [0.25, 0.3) is 0 Å². The molecular weight excluding hydrogens is 132 g/mol.